The predicted octanol–water partition coefficient (Wildman–Crippen LogP) is 2.99. The first-order valence-corrected chi connectivity index (χ1v) is 7.10. The first kappa shape index (κ1) is 15.0. The Bertz CT molecular complexity index is 263. The topological polar surface area (TPSA) is 52.6 Å². The lowest BCUT2D eigenvalue weighted by atomic mass is 10.1. The summed E-state index contributed by atoms with van der Waals surface area (Å²) in [4.78, 5) is 22.5. The molecule has 0 saturated carbocycles. The molecule has 1 rings (SSSR count). The largest absolute Gasteiger partial charge is 0.463 e. The summed E-state index contributed by atoms with van der Waals surface area (Å²) in [5.41, 5.74) is 0. The van der Waals surface area contributed by atoms with Gasteiger partial charge in [0.05, 0.1) is 6.61 Å². The molecule has 4 heteroatoms. The molecule has 104 valence electrons. The van der Waals surface area contributed by atoms with Gasteiger partial charge in [-0.3, -0.25) is 4.79 Å². The van der Waals surface area contributed by atoms with Crippen LogP contribution in [0.5, 0.6) is 0 Å². The Labute approximate surface area is 109 Å². The zero-order valence-electron chi connectivity index (χ0n) is 11.3. The first-order valence-electron chi connectivity index (χ1n) is 7.10. The van der Waals surface area contributed by atoms with E-state index in [1.807, 2.05) is 0 Å². The van der Waals surface area contributed by atoms with Crippen molar-refractivity contribution in [1.82, 2.24) is 0 Å². The number of hydrogen-bond acceptors (Lipinski definition) is 4. The number of rotatable bonds is 9. The number of carbonyl (C=O) groups excluding carboxylic acids is 2. The van der Waals surface area contributed by atoms with Crippen molar-refractivity contribution in [3.05, 3.63) is 0 Å². The van der Waals surface area contributed by atoms with Gasteiger partial charge in [0.15, 0.2) is 0 Å². The van der Waals surface area contributed by atoms with Crippen molar-refractivity contribution < 1.29 is 19.1 Å². The van der Waals surface area contributed by atoms with E-state index in [1.165, 1.54) is 32.1 Å². The van der Waals surface area contributed by atoms with Crippen LogP contribution in [0.2, 0.25) is 0 Å². The van der Waals surface area contributed by atoms with E-state index >= 15 is 0 Å². The van der Waals surface area contributed by atoms with E-state index in [1.54, 1.807) is 0 Å². The Balaban J connectivity index is 1.95. The van der Waals surface area contributed by atoms with Gasteiger partial charge in [0, 0.05) is 12.8 Å². The van der Waals surface area contributed by atoms with Gasteiger partial charge in [-0.1, -0.05) is 45.4 Å². The van der Waals surface area contributed by atoms with E-state index in [9.17, 15) is 9.59 Å². The van der Waals surface area contributed by atoms with Crippen LogP contribution in [0.15, 0.2) is 0 Å². The average molecular weight is 256 g/mol. The maximum Gasteiger partial charge on any atom is 0.347 e. The summed E-state index contributed by atoms with van der Waals surface area (Å²) in [6, 6.07) is 0. The molecule has 0 spiro atoms. The third kappa shape index (κ3) is 6.03. The van der Waals surface area contributed by atoms with E-state index in [0.29, 0.717) is 19.4 Å². The number of esters is 2. The van der Waals surface area contributed by atoms with Gasteiger partial charge in [-0.15, -0.1) is 0 Å². The first-order chi connectivity index (χ1) is 8.74. The smallest absolute Gasteiger partial charge is 0.347 e. The van der Waals surface area contributed by atoms with Crippen LogP contribution in [0.25, 0.3) is 0 Å². The molecule has 1 fully saturated rings. The molecule has 0 amide bonds. The summed E-state index contributed by atoms with van der Waals surface area (Å²) in [6.45, 7) is 2.57. The van der Waals surface area contributed by atoms with Crippen LogP contribution in [-0.2, 0) is 19.1 Å². The second-order valence-electron chi connectivity index (χ2n) is 4.81. The standard InChI is InChI=1S/C14H24O4/c1-2-3-4-5-6-7-8-9-13(15)18-12-10-11-17-14(12)16/h12H,2-11H2,1H3/t12-/m0/s1. The highest BCUT2D eigenvalue weighted by atomic mass is 16.6. The molecule has 0 aliphatic carbocycles. The van der Waals surface area contributed by atoms with Crippen molar-refractivity contribution in [2.45, 2.75) is 70.8 Å². The van der Waals surface area contributed by atoms with Crippen LogP contribution in [0.1, 0.15) is 64.7 Å². The minimum atomic E-state index is -0.651. The monoisotopic (exact) mass is 256 g/mol. The van der Waals surface area contributed by atoms with E-state index < -0.39 is 12.1 Å². The van der Waals surface area contributed by atoms with Gasteiger partial charge < -0.3 is 9.47 Å². The molecule has 18 heavy (non-hydrogen) atoms. The molecular formula is C14H24O4. The third-order valence-electron chi connectivity index (χ3n) is 3.15. The molecule has 1 aliphatic heterocycles. The molecule has 0 N–H and O–H groups in total. The van der Waals surface area contributed by atoms with Crippen molar-refractivity contribution in [1.29, 1.82) is 0 Å². The second-order valence-corrected chi connectivity index (χ2v) is 4.81. The molecule has 1 saturated heterocycles. The molecule has 1 heterocycles. The van der Waals surface area contributed by atoms with Gasteiger partial charge in [0.2, 0.25) is 6.10 Å². The van der Waals surface area contributed by atoms with E-state index in [-0.39, 0.29) is 5.97 Å². The quantitative estimate of drug-likeness (QED) is 0.470. The van der Waals surface area contributed by atoms with Crippen molar-refractivity contribution in [2.75, 3.05) is 6.61 Å². The van der Waals surface area contributed by atoms with Gasteiger partial charge in [0.25, 0.3) is 0 Å². The molecule has 0 bridgehead atoms. The number of cyclic esters (lactones) is 1. The number of carbonyl (C=O) groups is 2. The Hall–Kier alpha value is -1.06. The van der Waals surface area contributed by atoms with Crippen molar-refractivity contribution >= 4 is 11.9 Å². The molecular weight excluding hydrogens is 232 g/mol. The molecule has 0 aromatic rings. The van der Waals surface area contributed by atoms with E-state index in [4.69, 9.17) is 9.47 Å². The fraction of sp³-hybridized carbons (Fsp3) is 0.857. The summed E-state index contributed by atoms with van der Waals surface area (Å²) in [5.74, 6) is -0.671. The maximum atomic E-state index is 11.4. The summed E-state index contributed by atoms with van der Waals surface area (Å²) in [7, 11) is 0. The van der Waals surface area contributed by atoms with Crippen molar-refractivity contribution in [2.24, 2.45) is 0 Å². The van der Waals surface area contributed by atoms with Crippen LogP contribution >= 0.6 is 0 Å². The molecule has 0 unspecified atom stereocenters. The number of unbranched alkanes of at least 4 members (excludes halogenated alkanes) is 6. The third-order valence-corrected chi connectivity index (χ3v) is 3.15. The molecule has 1 aliphatic rings. The van der Waals surface area contributed by atoms with Gasteiger partial charge >= 0.3 is 11.9 Å². The van der Waals surface area contributed by atoms with Crippen molar-refractivity contribution in [3.8, 4) is 0 Å². The number of ether oxygens (including phenoxy) is 2. The van der Waals surface area contributed by atoms with E-state index in [2.05, 4.69) is 6.92 Å². The minimum absolute atomic E-state index is 0.271. The van der Waals surface area contributed by atoms with Crippen molar-refractivity contribution in [3.63, 3.8) is 0 Å². The summed E-state index contributed by atoms with van der Waals surface area (Å²) in [5, 5.41) is 0. The second kappa shape index (κ2) is 8.95. The highest BCUT2D eigenvalue weighted by Gasteiger charge is 2.29. The number of hydrogen-bond donors (Lipinski definition) is 0. The normalized spacial score (nSPS) is 18.7. The lowest BCUT2D eigenvalue weighted by molar-refractivity contribution is -0.160. The summed E-state index contributed by atoms with van der Waals surface area (Å²) < 4.78 is 9.79. The average Bonchev–Trinajstić information content (AvgIpc) is 2.74. The fourth-order valence-electron chi connectivity index (χ4n) is 2.03. The minimum Gasteiger partial charge on any atom is -0.463 e. The van der Waals surface area contributed by atoms with Crippen LogP contribution in [0, 0.1) is 0 Å². The maximum absolute atomic E-state index is 11.4. The predicted molar refractivity (Wildman–Crippen MR) is 68.1 cm³/mol. The Morgan fingerprint density at radius 2 is 1.89 bits per heavy atom. The van der Waals surface area contributed by atoms with Gasteiger partial charge in [-0.2, -0.15) is 0 Å². The molecule has 0 radical (unpaired) electrons. The van der Waals surface area contributed by atoms with Gasteiger partial charge in [0.1, 0.15) is 0 Å². The fourth-order valence-corrected chi connectivity index (χ4v) is 2.03. The van der Waals surface area contributed by atoms with E-state index in [0.717, 1.165) is 12.8 Å². The van der Waals surface area contributed by atoms with Gasteiger partial charge in [-0.25, -0.2) is 4.79 Å². The molecule has 0 aromatic heterocycles. The molecule has 1 atom stereocenters. The summed E-state index contributed by atoms with van der Waals surface area (Å²) >= 11 is 0. The highest BCUT2D eigenvalue weighted by Crippen LogP contribution is 2.13. The molecule has 0 aromatic carbocycles. The zero-order valence-corrected chi connectivity index (χ0v) is 11.3. The highest BCUT2D eigenvalue weighted by molar-refractivity contribution is 5.80. The summed E-state index contributed by atoms with van der Waals surface area (Å²) in [6.07, 6.45) is 8.45. The van der Waals surface area contributed by atoms with Crippen LogP contribution in [0.3, 0.4) is 0 Å². The Morgan fingerprint density at radius 1 is 1.22 bits per heavy atom. The SMILES string of the molecule is CCCCCCCCCC(=O)O[C@H]1CCOC1=O. The molecule has 4 nitrogen and oxygen atoms in total. The lowest BCUT2D eigenvalue weighted by Crippen LogP contribution is -2.22. The zero-order chi connectivity index (χ0) is 13.2. The Kier molecular flexibility index (Phi) is 7.46. The van der Waals surface area contributed by atoms with Crippen LogP contribution in [-0.4, -0.2) is 24.6 Å². The van der Waals surface area contributed by atoms with Crippen LogP contribution < -0.4 is 0 Å². The van der Waals surface area contributed by atoms with Gasteiger partial charge in [-0.05, 0) is 6.42 Å². The van der Waals surface area contributed by atoms with Crippen LogP contribution in [0.4, 0.5) is 0 Å². The Morgan fingerprint density at radius 3 is 2.50 bits per heavy atom. The lowest BCUT2D eigenvalue weighted by Gasteiger charge is -2.07.